The van der Waals surface area contributed by atoms with Crippen LogP contribution in [0.25, 0.3) is 0 Å². The normalized spacial score (nSPS) is 13.3. The molecule has 5 nitrogen and oxygen atoms in total. The average molecular weight is 408 g/mol. The average Bonchev–Trinajstić information content (AvgIpc) is 3.15. The van der Waals surface area contributed by atoms with Gasteiger partial charge in [-0.1, -0.05) is 37.1 Å². The minimum Gasteiger partial charge on any atom is -0.407 e. The Kier molecular flexibility index (Phi) is 6.00. The van der Waals surface area contributed by atoms with Crippen molar-refractivity contribution in [1.82, 2.24) is 10.2 Å². The second kappa shape index (κ2) is 8.82. The van der Waals surface area contributed by atoms with Crippen LogP contribution in [0.5, 0.6) is 0 Å². The molecule has 1 N–H and O–H groups in total. The third-order valence-corrected chi connectivity index (χ3v) is 5.96. The van der Waals surface area contributed by atoms with Gasteiger partial charge < -0.3 is 4.42 Å². The molecule has 0 bridgehead atoms. The molecule has 1 aliphatic rings. The highest BCUT2D eigenvalue weighted by atomic mass is 32.2. The number of fused-ring (bicyclic) bond motifs is 1. The minimum absolute atomic E-state index is 0.134. The van der Waals surface area contributed by atoms with Gasteiger partial charge in [0.05, 0.1) is 6.42 Å². The highest BCUT2D eigenvalue weighted by Gasteiger charge is 2.15. The monoisotopic (exact) mass is 407 g/mol. The number of carbonyl (C=O) groups is 1. The quantitative estimate of drug-likeness (QED) is 0.562. The molecular weight excluding hydrogens is 382 g/mol. The first-order valence-corrected chi connectivity index (χ1v) is 11.0. The standard InChI is InChI=1S/C23H25N3O2S/c1-15(2)29-20-11-7-16(8-12-20)13-21-25-26-23(28-21)24-22(27)19-10-9-17-5-3-4-6-18(17)14-19/h7-12,14-15H,3-6,13H2,1-2H3,(H,24,26,27). The third-order valence-electron chi connectivity index (χ3n) is 4.95. The highest BCUT2D eigenvalue weighted by Crippen LogP contribution is 2.24. The lowest BCUT2D eigenvalue weighted by atomic mass is 9.90. The summed E-state index contributed by atoms with van der Waals surface area (Å²) in [4.78, 5) is 13.8. The van der Waals surface area contributed by atoms with Crippen LogP contribution >= 0.6 is 11.8 Å². The van der Waals surface area contributed by atoms with Crippen molar-refractivity contribution in [2.45, 2.75) is 56.1 Å². The molecule has 29 heavy (non-hydrogen) atoms. The molecule has 3 aromatic rings. The fraction of sp³-hybridized carbons (Fsp3) is 0.348. The van der Waals surface area contributed by atoms with Crippen LogP contribution in [-0.4, -0.2) is 21.4 Å². The molecule has 0 unspecified atom stereocenters. The van der Waals surface area contributed by atoms with Crippen LogP contribution in [0.1, 0.15) is 59.6 Å². The van der Waals surface area contributed by atoms with Gasteiger partial charge in [-0.15, -0.1) is 16.9 Å². The van der Waals surface area contributed by atoms with Crippen molar-refractivity contribution in [3.8, 4) is 0 Å². The summed E-state index contributed by atoms with van der Waals surface area (Å²) >= 11 is 1.83. The van der Waals surface area contributed by atoms with E-state index in [0.29, 0.717) is 23.1 Å². The number of aromatic nitrogens is 2. The largest absolute Gasteiger partial charge is 0.407 e. The van der Waals surface area contributed by atoms with E-state index in [0.717, 1.165) is 18.4 Å². The zero-order valence-corrected chi connectivity index (χ0v) is 17.6. The first kappa shape index (κ1) is 19.7. The van der Waals surface area contributed by atoms with E-state index in [2.05, 4.69) is 59.7 Å². The lowest BCUT2D eigenvalue weighted by molar-refractivity contribution is 0.102. The van der Waals surface area contributed by atoms with Crippen molar-refractivity contribution in [2.75, 3.05) is 5.32 Å². The molecule has 2 aromatic carbocycles. The number of carbonyl (C=O) groups excluding carboxylic acids is 1. The van der Waals surface area contributed by atoms with E-state index in [-0.39, 0.29) is 11.9 Å². The molecule has 0 fully saturated rings. The number of nitrogens with one attached hydrogen (secondary N) is 1. The van der Waals surface area contributed by atoms with Crippen LogP contribution in [0.2, 0.25) is 0 Å². The van der Waals surface area contributed by atoms with Gasteiger partial charge in [0.1, 0.15) is 0 Å². The van der Waals surface area contributed by atoms with Crippen LogP contribution in [0.3, 0.4) is 0 Å². The highest BCUT2D eigenvalue weighted by molar-refractivity contribution is 7.99. The number of aryl methyl sites for hydroxylation is 2. The van der Waals surface area contributed by atoms with Crippen molar-refractivity contribution in [3.05, 3.63) is 70.6 Å². The van der Waals surface area contributed by atoms with E-state index in [1.807, 2.05) is 23.9 Å². The maximum Gasteiger partial charge on any atom is 0.322 e. The fourth-order valence-corrected chi connectivity index (χ4v) is 4.39. The number of benzene rings is 2. The van der Waals surface area contributed by atoms with Gasteiger partial charge in [0.2, 0.25) is 5.89 Å². The number of hydrogen-bond donors (Lipinski definition) is 1. The Labute approximate surface area is 175 Å². The Bertz CT molecular complexity index is 996. The summed E-state index contributed by atoms with van der Waals surface area (Å²) in [5.74, 6) is 0.263. The van der Waals surface area contributed by atoms with Crippen molar-refractivity contribution >= 4 is 23.7 Å². The number of amides is 1. The molecule has 1 aliphatic carbocycles. The van der Waals surface area contributed by atoms with Gasteiger partial charge in [-0.05, 0) is 66.6 Å². The minimum atomic E-state index is -0.219. The predicted molar refractivity (Wildman–Crippen MR) is 116 cm³/mol. The molecule has 0 saturated heterocycles. The smallest absolute Gasteiger partial charge is 0.322 e. The summed E-state index contributed by atoms with van der Waals surface area (Å²) in [5, 5.41) is 11.3. The Morgan fingerprint density at radius 1 is 1.07 bits per heavy atom. The summed E-state index contributed by atoms with van der Waals surface area (Å²) < 4.78 is 5.63. The van der Waals surface area contributed by atoms with Crippen LogP contribution in [0.15, 0.2) is 51.8 Å². The van der Waals surface area contributed by atoms with E-state index in [9.17, 15) is 4.79 Å². The molecule has 4 rings (SSSR count). The summed E-state index contributed by atoms with van der Waals surface area (Å²) in [7, 11) is 0. The predicted octanol–water partition coefficient (Wildman–Crippen LogP) is 5.29. The van der Waals surface area contributed by atoms with Gasteiger partial charge in [-0.25, -0.2) is 0 Å². The molecule has 0 radical (unpaired) electrons. The zero-order valence-electron chi connectivity index (χ0n) is 16.8. The number of thioether (sulfide) groups is 1. The van der Waals surface area contributed by atoms with Gasteiger partial charge in [-0.3, -0.25) is 10.1 Å². The summed E-state index contributed by atoms with van der Waals surface area (Å²) in [6.45, 7) is 4.36. The first-order chi connectivity index (χ1) is 14.1. The Morgan fingerprint density at radius 3 is 2.59 bits per heavy atom. The van der Waals surface area contributed by atoms with Crippen molar-refractivity contribution in [3.63, 3.8) is 0 Å². The topological polar surface area (TPSA) is 68.0 Å². The molecule has 150 valence electrons. The first-order valence-electron chi connectivity index (χ1n) is 10.1. The van der Waals surface area contributed by atoms with Crippen molar-refractivity contribution in [2.24, 2.45) is 0 Å². The van der Waals surface area contributed by atoms with Gasteiger partial charge >= 0.3 is 6.01 Å². The van der Waals surface area contributed by atoms with Crippen LogP contribution < -0.4 is 5.32 Å². The Balaban J connectivity index is 1.38. The van der Waals surface area contributed by atoms with Crippen LogP contribution in [0.4, 0.5) is 6.01 Å². The Morgan fingerprint density at radius 2 is 1.83 bits per heavy atom. The van der Waals surface area contributed by atoms with Crippen molar-refractivity contribution < 1.29 is 9.21 Å². The van der Waals surface area contributed by atoms with Gasteiger partial charge in [0.25, 0.3) is 5.91 Å². The van der Waals surface area contributed by atoms with Crippen molar-refractivity contribution in [1.29, 1.82) is 0 Å². The van der Waals surface area contributed by atoms with E-state index < -0.39 is 0 Å². The van der Waals surface area contributed by atoms with Gasteiger partial charge in [-0.2, -0.15) is 0 Å². The number of nitrogens with zero attached hydrogens (tertiary/aromatic N) is 2. The number of rotatable bonds is 6. The van der Waals surface area contributed by atoms with Gasteiger partial charge in [0, 0.05) is 15.7 Å². The Hall–Kier alpha value is -2.60. The zero-order chi connectivity index (χ0) is 20.2. The molecule has 1 aromatic heterocycles. The van der Waals surface area contributed by atoms with Gasteiger partial charge in [0.15, 0.2) is 0 Å². The second-order valence-corrected chi connectivity index (χ2v) is 9.28. The number of hydrogen-bond acceptors (Lipinski definition) is 5. The lowest BCUT2D eigenvalue weighted by Gasteiger charge is -2.16. The van der Waals surface area contributed by atoms with E-state index in [1.54, 1.807) is 0 Å². The molecule has 0 saturated carbocycles. The van der Waals surface area contributed by atoms with Crippen LogP contribution in [-0.2, 0) is 19.3 Å². The molecule has 0 aliphatic heterocycles. The maximum atomic E-state index is 12.6. The molecular formula is C23H25N3O2S. The molecule has 6 heteroatoms. The molecule has 0 spiro atoms. The number of anilines is 1. The van der Waals surface area contributed by atoms with Crippen LogP contribution in [0, 0.1) is 0 Å². The fourth-order valence-electron chi connectivity index (χ4n) is 3.55. The lowest BCUT2D eigenvalue weighted by Crippen LogP contribution is -2.13. The summed E-state index contributed by atoms with van der Waals surface area (Å²) in [6, 6.07) is 14.4. The molecule has 1 amide bonds. The summed E-state index contributed by atoms with van der Waals surface area (Å²) in [6.07, 6.45) is 5.08. The second-order valence-electron chi connectivity index (χ2n) is 7.63. The SMILES string of the molecule is CC(C)Sc1ccc(Cc2nnc(NC(=O)c3ccc4c(c3)CCCC4)o2)cc1. The summed E-state index contributed by atoms with van der Waals surface area (Å²) in [5.41, 5.74) is 4.35. The van der Waals surface area contributed by atoms with E-state index >= 15 is 0 Å². The third kappa shape index (κ3) is 5.07. The van der Waals surface area contributed by atoms with E-state index in [1.165, 1.54) is 28.9 Å². The molecule has 0 atom stereocenters. The molecule has 1 heterocycles. The van der Waals surface area contributed by atoms with E-state index in [4.69, 9.17) is 4.42 Å². The maximum absolute atomic E-state index is 12.6.